The molecule has 0 atom stereocenters. The van der Waals surface area contributed by atoms with Crippen LogP contribution in [0.25, 0.3) is 10.9 Å². The molecule has 6 heteroatoms. The predicted molar refractivity (Wildman–Crippen MR) is 98.6 cm³/mol. The number of piperidine rings is 1. The summed E-state index contributed by atoms with van der Waals surface area (Å²) in [5.74, 6) is -0.475. The lowest BCUT2D eigenvalue weighted by molar-refractivity contribution is -0.158. The van der Waals surface area contributed by atoms with E-state index >= 15 is 0 Å². The van der Waals surface area contributed by atoms with E-state index in [9.17, 15) is 9.59 Å². The molecule has 1 aromatic heterocycles. The number of hydrogen-bond acceptors (Lipinski definition) is 4. The van der Waals surface area contributed by atoms with E-state index in [0.717, 1.165) is 19.8 Å². The number of para-hydroxylation sites is 1. The van der Waals surface area contributed by atoms with Crippen LogP contribution in [0.1, 0.15) is 24.8 Å². The average molecular weight is 355 g/mol. The first-order chi connectivity index (χ1) is 12.7. The SMILES string of the molecule is O=C1COCC(=O)N1CCc1cn(CN2CCCCC2)c2ccccc12. The van der Waals surface area contributed by atoms with Gasteiger partial charge in [0.2, 0.25) is 0 Å². The number of carbonyl (C=O) groups excluding carboxylic acids is 2. The van der Waals surface area contributed by atoms with Crippen LogP contribution in [0.3, 0.4) is 0 Å². The molecule has 0 spiro atoms. The van der Waals surface area contributed by atoms with Gasteiger partial charge in [-0.3, -0.25) is 19.4 Å². The number of benzene rings is 1. The second-order valence-electron chi connectivity index (χ2n) is 7.14. The maximum atomic E-state index is 11.9. The molecule has 138 valence electrons. The summed E-state index contributed by atoms with van der Waals surface area (Å²) in [6.45, 7) is 3.62. The standard InChI is InChI=1S/C20H25N3O3/c24-19-13-26-14-20(25)23(19)11-8-16-12-22(15-21-9-4-1-5-10-21)18-7-3-2-6-17(16)18/h2-3,6-7,12H,1,4-5,8-11,13-15H2. The fraction of sp³-hybridized carbons (Fsp3) is 0.500. The van der Waals surface area contributed by atoms with E-state index < -0.39 is 0 Å². The molecule has 1 aromatic carbocycles. The van der Waals surface area contributed by atoms with Gasteiger partial charge in [0.05, 0.1) is 6.67 Å². The Morgan fingerprint density at radius 2 is 1.69 bits per heavy atom. The minimum Gasteiger partial charge on any atom is -0.362 e. The van der Waals surface area contributed by atoms with Crippen molar-refractivity contribution in [3.05, 3.63) is 36.0 Å². The summed E-state index contributed by atoms with van der Waals surface area (Å²) in [4.78, 5) is 27.7. The van der Waals surface area contributed by atoms with Crippen molar-refractivity contribution in [1.29, 1.82) is 0 Å². The van der Waals surface area contributed by atoms with Gasteiger partial charge in [-0.2, -0.15) is 0 Å². The first-order valence-corrected chi connectivity index (χ1v) is 9.42. The summed E-state index contributed by atoms with van der Waals surface area (Å²) >= 11 is 0. The molecule has 0 N–H and O–H groups in total. The average Bonchev–Trinajstić information content (AvgIpc) is 3.00. The first kappa shape index (κ1) is 17.2. The molecule has 0 bridgehead atoms. The molecule has 4 rings (SSSR count). The van der Waals surface area contributed by atoms with E-state index in [0.29, 0.717) is 13.0 Å². The van der Waals surface area contributed by atoms with Crippen molar-refractivity contribution < 1.29 is 14.3 Å². The summed E-state index contributed by atoms with van der Waals surface area (Å²) in [5.41, 5.74) is 2.40. The molecule has 2 aliphatic heterocycles. The molecule has 0 saturated carbocycles. The van der Waals surface area contributed by atoms with E-state index in [-0.39, 0.29) is 25.0 Å². The number of aromatic nitrogens is 1. The highest BCUT2D eigenvalue weighted by Gasteiger charge is 2.26. The molecular weight excluding hydrogens is 330 g/mol. The monoisotopic (exact) mass is 355 g/mol. The van der Waals surface area contributed by atoms with Crippen LogP contribution in [0.15, 0.2) is 30.5 Å². The van der Waals surface area contributed by atoms with Crippen LogP contribution in [0.4, 0.5) is 0 Å². The molecule has 2 amide bonds. The molecule has 0 unspecified atom stereocenters. The maximum Gasteiger partial charge on any atom is 0.255 e. The van der Waals surface area contributed by atoms with Crippen LogP contribution in [0, 0.1) is 0 Å². The van der Waals surface area contributed by atoms with Crippen LogP contribution in [0.5, 0.6) is 0 Å². The van der Waals surface area contributed by atoms with Crippen molar-refractivity contribution in [3.8, 4) is 0 Å². The summed E-state index contributed by atoms with van der Waals surface area (Å²) in [6.07, 6.45) is 6.73. The third kappa shape index (κ3) is 3.52. The Morgan fingerprint density at radius 3 is 2.46 bits per heavy atom. The number of likely N-dealkylation sites (tertiary alicyclic amines) is 1. The maximum absolute atomic E-state index is 11.9. The Hall–Kier alpha value is -2.18. The molecule has 3 heterocycles. The molecule has 2 saturated heterocycles. The summed E-state index contributed by atoms with van der Waals surface area (Å²) in [7, 11) is 0. The predicted octanol–water partition coefficient (Wildman–Crippen LogP) is 2.01. The van der Waals surface area contributed by atoms with E-state index in [4.69, 9.17) is 4.74 Å². The number of hydrogen-bond donors (Lipinski definition) is 0. The van der Waals surface area contributed by atoms with Crippen molar-refractivity contribution >= 4 is 22.7 Å². The zero-order valence-electron chi connectivity index (χ0n) is 15.0. The van der Waals surface area contributed by atoms with Crippen LogP contribution < -0.4 is 0 Å². The number of ether oxygens (including phenoxy) is 1. The van der Waals surface area contributed by atoms with Crippen molar-refractivity contribution in [1.82, 2.24) is 14.4 Å². The van der Waals surface area contributed by atoms with Gasteiger partial charge in [-0.1, -0.05) is 24.6 Å². The van der Waals surface area contributed by atoms with Crippen LogP contribution in [0.2, 0.25) is 0 Å². The lowest BCUT2D eigenvalue weighted by Crippen LogP contribution is -2.46. The smallest absolute Gasteiger partial charge is 0.255 e. The van der Waals surface area contributed by atoms with E-state index in [1.54, 1.807) is 0 Å². The third-order valence-electron chi connectivity index (χ3n) is 5.33. The Morgan fingerprint density at radius 1 is 0.962 bits per heavy atom. The van der Waals surface area contributed by atoms with Gasteiger partial charge in [0.1, 0.15) is 13.2 Å². The highest BCUT2D eigenvalue weighted by Crippen LogP contribution is 2.23. The zero-order chi connectivity index (χ0) is 17.9. The van der Waals surface area contributed by atoms with E-state index in [2.05, 4.69) is 33.9 Å². The number of imide groups is 1. The molecule has 2 fully saturated rings. The lowest BCUT2D eigenvalue weighted by atomic mass is 10.1. The number of amides is 2. The molecule has 0 radical (unpaired) electrons. The highest BCUT2D eigenvalue weighted by atomic mass is 16.5. The third-order valence-corrected chi connectivity index (χ3v) is 5.33. The molecule has 2 aromatic rings. The second-order valence-corrected chi connectivity index (χ2v) is 7.14. The van der Waals surface area contributed by atoms with Gasteiger partial charge in [0.25, 0.3) is 11.8 Å². The van der Waals surface area contributed by atoms with E-state index in [1.807, 2.05) is 6.07 Å². The minimum absolute atomic E-state index is 0.00244. The molecular formula is C20H25N3O3. The number of rotatable bonds is 5. The van der Waals surface area contributed by atoms with Gasteiger partial charge in [-0.15, -0.1) is 0 Å². The molecule has 2 aliphatic rings. The van der Waals surface area contributed by atoms with Gasteiger partial charge < -0.3 is 9.30 Å². The summed E-state index contributed by atoms with van der Waals surface area (Å²) in [5, 5.41) is 1.21. The molecule has 0 aliphatic carbocycles. The van der Waals surface area contributed by atoms with Crippen molar-refractivity contribution in [2.45, 2.75) is 32.4 Å². The minimum atomic E-state index is -0.238. The largest absolute Gasteiger partial charge is 0.362 e. The zero-order valence-corrected chi connectivity index (χ0v) is 15.0. The van der Waals surface area contributed by atoms with Crippen LogP contribution in [-0.2, 0) is 27.4 Å². The van der Waals surface area contributed by atoms with Gasteiger partial charge in [-0.25, -0.2) is 0 Å². The second kappa shape index (κ2) is 7.60. The quantitative estimate of drug-likeness (QED) is 0.770. The van der Waals surface area contributed by atoms with Gasteiger partial charge in [0.15, 0.2) is 0 Å². The Bertz CT molecular complexity index is 792. The van der Waals surface area contributed by atoms with Gasteiger partial charge in [0, 0.05) is 23.6 Å². The fourth-order valence-electron chi connectivity index (χ4n) is 3.96. The van der Waals surface area contributed by atoms with E-state index in [1.165, 1.54) is 40.6 Å². The number of carbonyl (C=O) groups is 2. The number of morpholine rings is 1. The highest BCUT2D eigenvalue weighted by molar-refractivity contribution is 5.98. The van der Waals surface area contributed by atoms with Crippen LogP contribution in [-0.4, -0.2) is 59.0 Å². The van der Waals surface area contributed by atoms with Crippen LogP contribution >= 0.6 is 0 Å². The Labute approximate surface area is 153 Å². The topological polar surface area (TPSA) is 54.8 Å². The van der Waals surface area contributed by atoms with Crippen molar-refractivity contribution in [3.63, 3.8) is 0 Å². The fourth-order valence-corrected chi connectivity index (χ4v) is 3.96. The Kier molecular flexibility index (Phi) is 5.04. The van der Waals surface area contributed by atoms with Crippen molar-refractivity contribution in [2.75, 3.05) is 32.8 Å². The number of fused-ring (bicyclic) bond motifs is 1. The summed E-state index contributed by atoms with van der Waals surface area (Å²) in [6, 6.07) is 8.38. The number of nitrogens with zero attached hydrogens (tertiary/aromatic N) is 3. The van der Waals surface area contributed by atoms with Crippen molar-refractivity contribution in [2.24, 2.45) is 0 Å². The Balaban J connectivity index is 1.53. The van der Waals surface area contributed by atoms with Gasteiger partial charge >= 0.3 is 0 Å². The summed E-state index contributed by atoms with van der Waals surface area (Å²) < 4.78 is 7.29. The first-order valence-electron chi connectivity index (χ1n) is 9.42. The lowest BCUT2D eigenvalue weighted by Gasteiger charge is -2.27. The van der Waals surface area contributed by atoms with Gasteiger partial charge in [-0.05, 0) is 44.0 Å². The molecule has 26 heavy (non-hydrogen) atoms. The molecule has 6 nitrogen and oxygen atoms in total. The normalized spacial score (nSPS) is 19.5.